The number of hydrogen-bond acceptors (Lipinski definition) is 3. The summed E-state index contributed by atoms with van der Waals surface area (Å²) in [5.74, 6) is -0.101. The van der Waals surface area contributed by atoms with Crippen molar-refractivity contribution in [2.24, 2.45) is 7.05 Å². The zero-order chi connectivity index (χ0) is 13.1. The van der Waals surface area contributed by atoms with E-state index >= 15 is 0 Å². The van der Waals surface area contributed by atoms with Gasteiger partial charge in [-0.05, 0) is 13.8 Å². The highest BCUT2D eigenvalue weighted by atomic mass is 16.1. The van der Waals surface area contributed by atoms with E-state index in [9.17, 15) is 4.79 Å². The number of amides is 1. The topological polar surface area (TPSA) is 64.7 Å². The first-order valence-corrected chi connectivity index (χ1v) is 5.90. The highest BCUT2D eigenvalue weighted by molar-refractivity contribution is 5.94. The minimum atomic E-state index is -0.101. The lowest BCUT2D eigenvalue weighted by Gasteiger charge is -2.01. The van der Waals surface area contributed by atoms with Gasteiger partial charge in [-0.25, -0.2) is 0 Å². The van der Waals surface area contributed by atoms with E-state index in [4.69, 9.17) is 0 Å². The smallest absolute Gasteiger partial charge is 0.255 e. The van der Waals surface area contributed by atoms with Gasteiger partial charge < -0.3 is 5.32 Å². The molecule has 0 fully saturated rings. The Labute approximate surface area is 106 Å². The lowest BCUT2D eigenvalue weighted by Crippen LogP contribution is -2.22. The van der Waals surface area contributed by atoms with Crippen molar-refractivity contribution in [1.29, 1.82) is 0 Å². The van der Waals surface area contributed by atoms with Crippen molar-refractivity contribution in [2.75, 3.05) is 0 Å². The van der Waals surface area contributed by atoms with E-state index in [0.29, 0.717) is 12.1 Å². The molecule has 0 aliphatic heterocycles. The van der Waals surface area contributed by atoms with Crippen LogP contribution in [0.2, 0.25) is 0 Å². The molecule has 2 heterocycles. The van der Waals surface area contributed by atoms with Crippen LogP contribution in [0, 0.1) is 6.92 Å². The molecule has 2 aromatic heterocycles. The molecule has 18 heavy (non-hydrogen) atoms. The Hall–Kier alpha value is -2.11. The van der Waals surface area contributed by atoms with Crippen molar-refractivity contribution in [3.63, 3.8) is 0 Å². The van der Waals surface area contributed by atoms with Crippen molar-refractivity contribution >= 4 is 5.91 Å². The van der Waals surface area contributed by atoms with Gasteiger partial charge in [-0.2, -0.15) is 10.2 Å². The second-order valence-corrected chi connectivity index (χ2v) is 4.19. The lowest BCUT2D eigenvalue weighted by molar-refractivity contribution is 0.0950. The largest absolute Gasteiger partial charge is 0.348 e. The molecule has 0 aliphatic rings. The Bertz CT molecular complexity index is 555. The highest BCUT2D eigenvalue weighted by Crippen LogP contribution is 2.06. The van der Waals surface area contributed by atoms with Crippen molar-refractivity contribution in [1.82, 2.24) is 24.9 Å². The molecular weight excluding hydrogens is 230 g/mol. The average Bonchev–Trinajstić information content (AvgIpc) is 2.92. The quantitative estimate of drug-likeness (QED) is 0.872. The Morgan fingerprint density at radius 1 is 1.44 bits per heavy atom. The summed E-state index contributed by atoms with van der Waals surface area (Å²) in [4.78, 5) is 12.0. The van der Waals surface area contributed by atoms with Gasteiger partial charge >= 0.3 is 0 Å². The first-order valence-electron chi connectivity index (χ1n) is 5.90. The van der Waals surface area contributed by atoms with E-state index in [0.717, 1.165) is 17.8 Å². The maximum atomic E-state index is 12.0. The van der Waals surface area contributed by atoms with Gasteiger partial charge in [-0.15, -0.1) is 0 Å². The minimum Gasteiger partial charge on any atom is -0.348 e. The van der Waals surface area contributed by atoms with Gasteiger partial charge in [-0.3, -0.25) is 14.2 Å². The third-order valence-electron chi connectivity index (χ3n) is 2.73. The molecule has 2 rings (SSSR count). The number of nitrogens with zero attached hydrogens (tertiary/aromatic N) is 4. The fraction of sp³-hybridized carbons (Fsp3) is 0.417. The number of nitrogens with one attached hydrogen (secondary N) is 1. The maximum absolute atomic E-state index is 12.0. The average molecular weight is 247 g/mol. The standard InChI is InChI=1S/C12H17N5O/c1-4-17-8-11(9(2)15-17)12(18)13-5-10-6-14-16(3)7-10/h6-8H,4-5H2,1-3H3,(H,13,18). The molecule has 0 aliphatic carbocycles. The number of rotatable bonds is 4. The Kier molecular flexibility index (Phi) is 3.45. The summed E-state index contributed by atoms with van der Waals surface area (Å²) >= 11 is 0. The molecule has 0 spiro atoms. The molecular formula is C12H17N5O. The van der Waals surface area contributed by atoms with Crippen LogP contribution in [0.1, 0.15) is 28.5 Å². The fourth-order valence-electron chi connectivity index (χ4n) is 1.74. The van der Waals surface area contributed by atoms with Crippen LogP contribution in [0.4, 0.5) is 0 Å². The van der Waals surface area contributed by atoms with Crippen LogP contribution in [0.3, 0.4) is 0 Å². The van der Waals surface area contributed by atoms with E-state index in [1.165, 1.54) is 0 Å². The first-order chi connectivity index (χ1) is 8.60. The molecule has 0 radical (unpaired) electrons. The molecule has 0 atom stereocenters. The van der Waals surface area contributed by atoms with Gasteiger partial charge in [0.05, 0.1) is 17.5 Å². The van der Waals surface area contributed by atoms with E-state index in [1.54, 1.807) is 21.8 Å². The molecule has 1 N–H and O–H groups in total. The summed E-state index contributed by atoms with van der Waals surface area (Å²) in [6.45, 7) is 5.06. The van der Waals surface area contributed by atoms with Crippen LogP contribution in [0.15, 0.2) is 18.6 Å². The molecule has 0 saturated heterocycles. The number of carbonyl (C=O) groups is 1. The summed E-state index contributed by atoms with van der Waals surface area (Å²) in [7, 11) is 1.85. The molecule has 6 nitrogen and oxygen atoms in total. The normalized spacial score (nSPS) is 10.6. The van der Waals surface area contributed by atoms with Gasteiger partial charge in [-0.1, -0.05) is 0 Å². The third-order valence-corrected chi connectivity index (χ3v) is 2.73. The second-order valence-electron chi connectivity index (χ2n) is 4.19. The second kappa shape index (κ2) is 5.03. The Morgan fingerprint density at radius 3 is 2.78 bits per heavy atom. The first kappa shape index (κ1) is 12.3. The summed E-state index contributed by atoms with van der Waals surface area (Å²) < 4.78 is 3.47. The summed E-state index contributed by atoms with van der Waals surface area (Å²) in [5, 5.41) is 11.2. The molecule has 96 valence electrons. The van der Waals surface area contributed by atoms with Crippen molar-refractivity contribution in [3.05, 3.63) is 35.4 Å². The maximum Gasteiger partial charge on any atom is 0.255 e. The van der Waals surface area contributed by atoms with Crippen molar-refractivity contribution in [3.8, 4) is 0 Å². The van der Waals surface area contributed by atoms with Gasteiger partial charge in [0.25, 0.3) is 5.91 Å². The van der Waals surface area contributed by atoms with Crippen LogP contribution in [0.25, 0.3) is 0 Å². The van der Waals surface area contributed by atoms with Gasteiger partial charge in [0, 0.05) is 38.1 Å². The predicted molar refractivity (Wildman–Crippen MR) is 67.0 cm³/mol. The van der Waals surface area contributed by atoms with E-state index in [-0.39, 0.29) is 5.91 Å². The van der Waals surface area contributed by atoms with E-state index < -0.39 is 0 Å². The van der Waals surface area contributed by atoms with Crippen molar-refractivity contribution < 1.29 is 4.79 Å². The monoisotopic (exact) mass is 247 g/mol. The Balaban J connectivity index is 2.01. The molecule has 6 heteroatoms. The summed E-state index contributed by atoms with van der Waals surface area (Å²) in [5.41, 5.74) is 2.35. The molecule has 0 saturated carbocycles. The van der Waals surface area contributed by atoms with Crippen LogP contribution < -0.4 is 5.32 Å². The highest BCUT2D eigenvalue weighted by Gasteiger charge is 2.12. The summed E-state index contributed by atoms with van der Waals surface area (Å²) in [6.07, 6.45) is 5.39. The van der Waals surface area contributed by atoms with E-state index in [2.05, 4.69) is 15.5 Å². The number of hydrogen-bond donors (Lipinski definition) is 1. The minimum absolute atomic E-state index is 0.101. The van der Waals surface area contributed by atoms with Gasteiger partial charge in [0.1, 0.15) is 0 Å². The third kappa shape index (κ3) is 2.58. The predicted octanol–water partition coefficient (Wildman–Crippen LogP) is 0.875. The number of carbonyl (C=O) groups excluding carboxylic acids is 1. The van der Waals surface area contributed by atoms with Crippen LogP contribution in [-0.2, 0) is 20.1 Å². The molecule has 1 amide bonds. The molecule has 0 aromatic carbocycles. The summed E-state index contributed by atoms with van der Waals surface area (Å²) in [6, 6.07) is 0. The molecule has 2 aromatic rings. The van der Waals surface area contributed by atoms with Crippen LogP contribution in [-0.4, -0.2) is 25.5 Å². The zero-order valence-corrected chi connectivity index (χ0v) is 10.8. The molecule has 0 unspecified atom stereocenters. The van der Waals surface area contributed by atoms with E-state index in [1.807, 2.05) is 27.1 Å². The SMILES string of the molecule is CCn1cc(C(=O)NCc2cnn(C)c2)c(C)n1. The number of aryl methyl sites for hydroxylation is 3. The Morgan fingerprint density at radius 2 is 2.22 bits per heavy atom. The van der Waals surface area contributed by atoms with Gasteiger partial charge in [0.2, 0.25) is 0 Å². The lowest BCUT2D eigenvalue weighted by atomic mass is 10.2. The van der Waals surface area contributed by atoms with Crippen LogP contribution >= 0.6 is 0 Å². The fourth-order valence-corrected chi connectivity index (χ4v) is 1.74. The van der Waals surface area contributed by atoms with Crippen LogP contribution in [0.5, 0.6) is 0 Å². The molecule has 0 bridgehead atoms. The van der Waals surface area contributed by atoms with Crippen molar-refractivity contribution in [2.45, 2.75) is 26.9 Å². The number of aromatic nitrogens is 4. The van der Waals surface area contributed by atoms with Gasteiger partial charge in [0.15, 0.2) is 0 Å². The zero-order valence-electron chi connectivity index (χ0n) is 10.8.